The summed E-state index contributed by atoms with van der Waals surface area (Å²) >= 11 is 7.36. The third-order valence-electron chi connectivity index (χ3n) is 2.71. The molecule has 1 N–H and O–H groups in total. The zero-order chi connectivity index (χ0) is 14.5. The maximum absolute atomic E-state index is 11.0. The van der Waals surface area contributed by atoms with Gasteiger partial charge in [-0.3, -0.25) is 10.1 Å². The van der Waals surface area contributed by atoms with Crippen LogP contribution in [0.4, 0.5) is 5.69 Å². The van der Waals surface area contributed by atoms with Crippen molar-refractivity contribution in [1.29, 1.82) is 0 Å². The van der Waals surface area contributed by atoms with Crippen LogP contribution < -0.4 is 0 Å². The Morgan fingerprint density at radius 3 is 2.75 bits per heavy atom. The summed E-state index contributed by atoms with van der Waals surface area (Å²) in [6.45, 7) is -0.0221. The molecule has 0 unspecified atom stereocenters. The van der Waals surface area contributed by atoms with Crippen molar-refractivity contribution in [3.8, 4) is 0 Å². The molecule has 2 rings (SSSR count). The summed E-state index contributed by atoms with van der Waals surface area (Å²) in [7, 11) is 0. The fourth-order valence-corrected chi connectivity index (χ4v) is 2.90. The molecule has 2 aromatic carbocycles. The van der Waals surface area contributed by atoms with Crippen LogP contribution in [0.1, 0.15) is 11.1 Å². The Labute approximate surface area is 125 Å². The lowest BCUT2D eigenvalue weighted by Gasteiger charge is -2.05. The molecule has 0 bridgehead atoms. The van der Waals surface area contributed by atoms with Crippen molar-refractivity contribution in [2.45, 2.75) is 17.3 Å². The van der Waals surface area contributed by atoms with Gasteiger partial charge in [-0.1, -0.05) is 23.7 Å². The highest BCUT2D eigenvalue weighted by Crippen LogP contribution is 2.30. The molecule has 0 saturated heterocycles. The van der Waals surface area contributed by atoms with E-state index < -0.39 is 4.92 Å². The topological polar surface area (TPSA) is 63.4 Å². The van der Waals surface area contributed by atoms with Crippen LogP contribution in [0.5, 0.6) is 0 Å². The molecule has 0 aliphatic rings. The van der Waals surface area contributed by atoms with E-state index in [2.05, 4.69) is 0 Å². The van der Waals surface area contributed by atoms with Gasteiger partial charge in [0, 0.05) is 27.3 Å². The Morgan fingerprint density at radius 1 is 1.25 bits per heavy atom. The first-order valence-corrected chi connectivity index (χ1v) is 7.22. The van der Waals surface area contributed by atoms with E-state index in [0.29, 0.717) is 16.3 Å². The van der Waals surface area contributed by atoms with Crippen LogP contribution in [0.15, 0.2) is 47.4 Å². The number of hydrogen-bond acceptors (Lipinski definition) is 4. The smallest absolute Gasteiger partial charge is 0.273 e. The maximum atomic E-state index is 11.0. The van der Waals surface area contributed by atoms with E-state index in [9.17, 15) is 10.1 Å². The van der Waals surface area contributed by atoms with Crippen LogP contribution in [0, 0.1) is 10.1 Å². The number of nitrogens with zero attached hydrogens (tertiary/aromatic N) is 1. The van der Waals surface area contributed by atoms with E-state index in [-0.39, 0.29) is 12.3 Å². The van der Waals surface area contributed by atoms with Crippen LogP contribution in [0.2, 0.25) is 5.02 Å². The van der Waals surface area contributed by atoms with Crippen molar-refractivity contribution in [2.24, 2.45) is 0 Å². The molecular formula is C14H12ClNO3S. The summed E-state index contributed by atoms with van der Waals surface area (Å²) in [5.74, 6) is 0.450. The number of rotatable bonds is 5. The third kappa shape index (κ3) is 3.72. The van der Waals surface area contributed by atoms with Gasteiger partial charge in [0.25, 0.3) is 5.69 Å². The monoisotopic (exact) mass is 309 g/mol. The van der Waals surface area contributed by atoms with Crippen molar-refractivity contribution in [2.75, 3.05) is 0 Å². The second kappa shape index (κ2) is 6.74. The van der Waals surface area contributed by atoms with Crippen molar-refractivity contribution in [1.82, 2.24) is 0 Å². The minimum Gasteiger partial charge on any atom is -0.392 e. The molecule has 0 aliphatic heterocycles. The minimum atomic E-state index is -0.406. The first kappa shape index (κ1) is 14.8. The summed E-state index contributed by atoms with van der Waals surface area (Å²) in [5, 5.41) is 20.5. The summed E-state index contributed by atoms with van der Waals surface area (Å²) in [6, 6.07) is 12.0. The van der Waals surface area contributed by atoms with Crippen LogP contribution in [-0.4, -0.2) is 10.0 Å². The predicted molar refractivity (Wildman–Crippen MR) is 80.0 cm³/mol. The lowest BCUT2D eigenvalue weighted by atomic mass is 10.2. The predicted octanol–water partition coefficient (Wildman–Crippen LogP) is 4.03. The fourth-order valence-electron chi connectivity index (χ4n) is 1.74. The molecule has 0 spiro atoms. The molecule has 0 saturated carbocycles. The molecule has 0 aliphatic carbocycles. The number of nitro benzene ring substituents is 1. The van der Waals surface area contributed by atoms with Gasteiger partial charge in [-0.05, 0) is 29.8 Å². The number of nitro groups is 1. The standard InChI is InChI=1S/C14H12ClNO3S/c15-12-4-5-14(16(18)19)11(7-12)9-20-13-3-1-2-10(6-13)8-17/h1-7,17H,8-9H2. The highest BCUT2D eigenvalue weighted by Gasteiger charge is 2.14. The number of hydrogen-bond donors (Lipinski definition) is 1. The Hall–Kier alpha value is -1.56. The lowest BCUT2D eigenvalue weighted by molar-refractivity contribution is -0.385. The zero-order valence-electron chi connectivity index (χ0n) is 10.5. The van der Waals surface area contributed by atoms with Gasteiger partial charge in [-0.2, -0.15) is 0 Å². The molecule has 2 aromatic rings. The van der Waals surface area contributed by atoms with E-state index in [0.717, 1.165) is 10.5 Å². The molecule has 0 amide bonds. The highest BCUT2D eigenvalue weighted by molar-refractivity contribution is 7.98. The van der Waals surface area contributed by atoms with Gasteiger partial charge < -0.3 is 5.11 Å². The normalized spacial score (nSPS) is 10.5. The fraction of sp³-hybridized carbons (Fsp3) is 0.143. The molecule has 20 heavy (non-hydrogen) atoms. The maximum Gasteiger partial charge on any atom is 0.273 e. The molecule has 0 fully saturated rings. The molecule has 0 atom stereocenters. The molecule has 6 heteroatoms. The van der Waals surface area contributed by atoms with E-state index in [1.807, 2.05) is 24.3 Å². The summed E-state index contributed by atoms with van der Waals surface area (Å²) in [5.41, 5.74) is 1.47. The first-order valence-electron chi connectivity index (χ1n) is 5.85. The number of aliphatic hydroxyl groups is 1. The lowest BCUT2D eigenvalue weighted by Crippen LogP contribution is -1.94. The van der Waals surface area contributed by atoms with Gasteiger partial charge in [0.1, 0.15) is 0 Å². The molecule has 0 aromatic heterocycles. The van der Waals surface area contributed by atoms with Gasteiger partial charge >= 0.3 is 0 Å². The average Bonchev–Trinajstić information content (AvgIpc) is 2.45. The Morgan fingerprint density at radius 2 is 2.05 bits per heavy atom. The largest absolute Gasteiger partial charge is 0.392 e. The van der Waals surface area contributed by atoms with Crippen LogP contribution in [0.3, 0.4) is 0 Å². The molecule has 104 valence electrons. The van der Waals surface area contributed by atoms with Gasteiger partial charge in [0.2, 0.25) is 0 Å². The quantitative estimate of drug-likeness (QED) is 0.514. The average molecular weight is 310 g/mol. The summed E-state index contributed by atoms with van der Waals surface area (Å²) < 4.78 is 0. The number of benzene rings is 2. The van der Waals surface area contributed by atoms with Crippen molar-refractivity contribution < 1.29 is 10.0 Å². The molecule has 0 radical (unpaired) electrons. The number of aliphatic hydroxyl groups excluding tert-OH is 1. The molecule has 4 nitrogen and oxygen atoms in total. The van der Waals surface area contributed by atoms with Gasteiger partial charge in [0.15, 0.2) is 0 Å². The van der Waals surface area contributed by atoms with E-state index >= 15 is 0 Å². The Balaban J connectivity index is 2.17. The van der Waals surface area contributed by atoms with Crippen molar-refractivity contribution in [3.63, 3.8) is 0 Å². The van der Waals surface area contributed by atoms with E-state index in [1.165, 1.54) is 23.9 Å². The highest BCUT2D eigenvalue weighted by atomic mass is 35.5. The third-order valence-corrected chi connectivity index (χ3v) is 3.99. The molecule has 0 heterocycles. The van der Waals surface area contributed by atoms with Crippen LogP contribution in [0.25, 0.3) is 0 Å². The van der Waals surface area contributed by atoms with Crippen LogP contribution in [-0.2, 0) is 12.4 Å². The van der Waals surface area contributed by atoms with Crippen LogP contribution >= 0.6 is 23.4 Å². The van der Waals surface area contributed by atoms with E-state index in [1.54, 1.807) is 6.07 Å². The van der Waals surface area contributed by atoms with Crippen molar-refractivity contribution in [3.05, 3.63) is 68.7 Å². The number of thioether (sulfide) groups is 1. The van der Waals surface area contributed by atoms with Crippen molar-refractivity contribution >= 4 is 29.1 Å². The van der Waals surface area contributed by atoms with Gasteiger partial charge in [-0.25, -0.2) is 0 Å². The second-order valence-electron chi connectivity index (χ2n) is 4.12. The van der Waals surface area contributed by atoms with E-state index in [4.69, 9.17) is 16.7 Å². The first-order chi connectivity index (χ1) is 9.60. The molecular weight excluding hydrogens is 298 g/mol. The summed E-state index contributed by atoms with van der Waals surface area (Å²) in [6.07, 6.45) is 0. The summed E-state index contributed by atoms with van der Waals surface area (Å²) in [4.78, 5) is 11.5. The SMILES string of the molecule is O=[N+]([O-])c1ccc(Cl)cc1CSc1cccc(CO)c1. The zero-order valence-corrected chi connectivity index (χ0v) is 12.0. The minimum absolute atomic E-state index is 0.0221. The van der Waals surface area contributed by atoms with Gasteiger partial charge in [0.05, 0.1) is 11.5 Å². The second-order valence-corrected chi connectivity index (χ2v) is 5.61. The Bertz CT molecular complexity index is 634. The Kier molecular flexibility index (Phi) is 5.00. The number of halogens is 1. The van der Waals surface area contributed by atoms with Gasteiger partial charge in [-0.15, -0.1) is 11.8 Å².